The lowest BCUT2D eigenvalue weighted by molar-refractivity contribution is 0.600. The predicted octanol–water partition coefficient (Wildman–Crippen LogP) is 18.5. The van der Waals surface area contributed by atoms with Gasteiger partial charge in [0.2, 0.25) is 0 Å². The highest BCUT2D eigenvalue weighted by Crippen LogP contribution is 2.64. The Balaban J connectivity index is 0.989. The fourth-order valence-electron chi connectivity index (χ4n) is 13.5. The monoisotopic (exact) mass is 891 g/mol. The summed E-state index contributed by atoms with van der Waals surface area (Å²) in [5.74, 6) is 0. The van der Waals surface area contributed by atoms with Crippen LogP contribution in [0.1, 0.15) is 91.6 Å². The maximum atomic E-state index is 6.99. The molecule has 0 spiro atoms. The van der Waals surface area contributed by atoms with Crippen molar-refractivity contribution in [3.8, 4) is 44.5 Å². The molecule has 14 rings (SSSR count). The highest BCUT2D eigenvalue weighted by molar-refractivity contribution is 6.21. The van der Waals surface area contributed by atoms with Crippen LogP contribution in [0.15, 0.2) is 167 Å². The second-order valence-electron chi connectivity index (χ2n) is 21.8. The number of benzene rings is 9. The summed E-state index contributed by atoms with van der Waals surface area (Å²) in [6.45, 7) is 21.2. The van der Waals surface area contributed by atoms with E-state index in [9.17, 15) is 0 Å². The van der Waals surface area contributed by atoms with Gasteiger partial charge in [-0.05, 0) is 142 Å². The molecule has 3 nitrogen and oxygen atoms in total. The summed E-state index contributed by atoms with van der Waals surface area (Å²) in [4.78, 5) is 2.50. The van der Waals surface area contributed by atoms with Crippen LogP contribution >= 0.6 is 0 Å². The molecule has 0 radical (unpaired) electrons. The molecule has 0 saturated heterocycles. The summed E-state index contributed by atoms with van der Waals surface area (Å²) in [5, 5.41) is 4.75. The third-order valence-corrected chi connectivity index (χ3v) is 16.6. The van der Waals surface area contributed by atoms with Crippen molar-refractivity contribution in [1.82, 2.24) is 0 Å². The molecule has 69 heavy (non-hydrogen) atoms. The van der Waals surface area contributed by atoms with Crippen molar-refractivity contribution in [2.24, 2.45) is 0 Å². The number of anilines is 3. The molecule has 0 atom stereocenters. The smallest absolute Gasteiger partial charge is 0.144 e. The van der Waals surface area contributed by atoms with Crippen molar-refractivity contribution < 1.29 is 8.83 Å². The average Bonchev–Trinajstić information content (AvgIpc) is 4.08. The van der Waals surface area contributed by atoms with Crippen LogP contribution in [-0.4, -0.2) is 0 Å². The van der Waals surface area contributed by atoms with Crippen molar-refractivity contribution in [2.45, 2.75) is 78.6 Å². The summed E-state index contributed by atoms with van der Waals surface area (Å²) in [6.07, 6.45) is 0. The van der Waals surface area contributed by atoms with Gasteiger partial charge in [-0.15, -0.1) is 0 Å². The zero-order valence-corrected chi connectivity index (χ0v) is 40.8. The van der Waals surface area contributed by atoms with E-state index < -0.39 is 0 Å². The van der Waals surface area contributed by atoms with Gasteiger partial charge in [-0.25, -0.2) is 0 Å². The zero-order chi connectivity index (χ0) is 47.0. The highest BCUT2D eigenvalue weighted by atomic mass is 16.3. The third kappa shape index (κ3) is 5.23. The topological polar surface area (TPSA) is 29.5 Å². The molecule has 0 fully saturated rings. The molecule has 0 bridgehead atoms. The van der Waals surface area contributed by atoms with Gasteiger partial charge >= 0.3 is 0 Å². The van der Waals surface area contributed by atoms with Gasteiger partial charge in [0.15, 0.2) is 0 Å². The highest BCUT2D eigenvalue weighted by Gasteiger charge is 2.49. The number of aryl methyl sites for hydroxylation is 3. The maximum Gasteiger partial charge on any atom is 0.144 e. The summed E-state index contributed by atoms with van der Waals surface area (Å²) in [6, 6.07) is 58.8. The van der Waals surface area contributed by atoms with E-state index in [1.165, 1.54) is 111 Å². The molecular formula is C66H53NO2. The van der Waals surface area contributed by atoms with Gasteiger partial charge in [0.05, 0.1) is 0 Å². The summed E-state index contributed by atoms with van der Waals surface area (Å²) in [7, 11) is 0. The zero-order valence-electron chi connectivity index (χ0n) is 40.8. The quantitative estimate of drug-likeness (QED) is 0.176. The van der Waals surface area contributed by atoms with E-state index in [1.54, 1.807) is 0 Å². The molecule has 334 valence electrons. The van der Waals surface area contributed by atoms with Gasteiger partial charge in [0.1, 0.15) is 22.3 Å². The first-order chi connectivity index (χ1) is 33.2. The minimum Gasteiger partial charge on any atom is -0.455 e. The van der Waals surface area contributed by atoms with Gasteiger partial charge in [-0.1, -0.05) is 162 Å². The molecule has 0 aliphatic heterocycles. The molecule has 0 saturated carbocycles. The fraction of sp³-hybridized carbons (Fsp3) is 0.182. The first kappa shape index (κ1) is 40.4. The molecule has 3 aliphatic carbocycles. The number of para-hydroxylation sites is 3. The average molecular weight is 892 g/mol. The standard InChI is InChI=1S/C66H53NO2/c1-36-30-37(2)32-39(31-36)47-35-51-55(57-45-20-12-16-24-53(45)68-62(47)57)43-28-26-40(33-49(43)64(51,4)5)67(52-23-15-10-18-38(52)3)41-27-29-44-50(34-41)66(8,9)60-56(44)58-46-21-13-17-25-54(46)69-63(58)59-42-19-11-14-22-48(42)65(6,7)61(59)60/h10-35H,1-9H3. The lowest BCUT2D eigenvalue weighted by Crippen LogP contribution is -2.24. The van der Waals surface area contributed by atoms with E-state index in [2.05, 4.69) is 225 Å². The lowest BCUT2D eigenvalue weighted by atomic mass is 9.72. The lowest BCUT2D eigenvalue weighted by Gasteiger charge is -2.32. The van der Waals surface area contributed by atoms with E-state index in [0.29, 0.717) is 0 Å². The maximum absolute atomic E-state index is 6.99. The van der Waals surface area contributed by atoms with E-state index in [-0.39, 0.29) is 16.2 Å². The van der Waals surface area contributed by atoms with Crippen LogP contribution < -0.4 is 4.90 Å². The molecule has 3 aliphatic rings. The molecule has 0 N–H and O–H groups in total. The van der Waals surface area contributed by atoms with Crippen LogP contribution in [0.5, 0.6) is 0 Å². The number of hydrogen-bond donors (Lipinski definition) is 0. The molecule has 11 aromatic rings. The van der Waals surface area contributed by atoms with Crippen molar-refractivity contribution in [3.05, 3.63) is 208 Å². The third-order valence-electron chi connectivity index (χ3n) is 16.6. The van der Waals surface area contributed by atoms with Gasteiger partial charge in [0, 0.05) is 66.0 Å². The fourth-order valence-corrected chi connectivity index (χ4v) is 13.5. The van der Waals surface area contributed by atoms with Crippen molar-refractivity contribution in [3.63, 3.8) is 0 Å². The van der Waals surface area contributed by atoms with Gasteiger partial charge in [-0.2, -0.15) is 0 Å². The molecule has 0 unspecified atom stereocenters. The Morgan fingerprint density at radius 2 is 0.913 bits per heavy atom. The normalized spacial score (nSPS) is 15.4. The van der Waals surface area contributed by atoms with Crippen molar-refractivity contribution in [1.29, 1.82) is 0 Å². The number of nitrogens with zero attached hydrogens (tertiary/aromatic N) is 1. The summed E-state index contributed by atoms with van der Waals surface area (Å²) in [5.41, 5.74) is 28.3. The molecular weight excluding hydrogens is 839 g/mol. The molecule has 2 aromatic heterocycles. The van der Waals surface area contributed by atoms with E-state index >= 15 is 0 Å². The van der Waals surface area contributed by atoms with Crippen LogP contribution in [0.2, 0.25) is 0 Å². The predicted molar refractivity (Wildman–Crippen MR) is 288 cm³/mol. The van der Waals surface area contributed by atoms with Gasteiger partial charge in [-0.3, -0.25) is 0 Å². The number of furan rings is 2. The van der Waals surface area contributed by atoms with Gasteiger partial charge in [0.25, 0.3) is 0 Å². The first-order valence-corrected chi connectivity index (χ1v) is 24.6. The van der Waals surface area contributed by atoms with E-state index in [0.717, 1.165) is 44.7 Å². The van der Waals surface area contributed by atoms with Gasteiger partial charge < -0.3 is 13.7 Å². The van der Waals surface area contributed by atoms with E-state index in [4.69, 9.17) is 8.83 Å². The van der Waals surface area contributed by atoms with Crippen LogP contribution in [0.3, 0.4) is 0 Å². The SMILES string of the molecule is Cc1cc(C)cc(-c2cc3c(c4c2oc2ccccc24)-c2ccc(N(c4ccc5c(c4)C(C)(C)c4c6c(c7oc8ccccc8c7c4-5)-c4ccccc4C6(C)C)c4ccccc4C)cc2C3(C)C)c1. The summed E-state index contributed by atoms with van der Waals surface area (Å²) < 4.78 is 13.9. The first-order valence-electron chi connectivity index (χ1n) is 24.6. The van der Waals surface area contributed by atoms with E-state index in [1.807, 2.05) is 0 Å². The van der Waals surface area contributed by atoms with Crippen molar-refractivity contribution in [2.75, 3.05) is 4.90 Å². The minimum atomic E-state index is -0.318. The number of rotatable bonds is 4. The van der Waals surface area contributed by atoms with Crippen LogP contribution in [0, 0.1) is 20.8 Å². The Morgan fingerprint density at radius 3 is 1.59 bits per heavy atom. The molecule has 0 amide bonds. The molecule has 9 aromatic carbocycles. The second kappa shape index (κ2) is 13.5. The number of fused-ring (bicyclic) bond motifs is 19. The largest absolute Gasteiger partial charge is 0.455 e. The Bertz CT molecular complexity index is 4070. The Kier molecular flexibility index (Phi) is 7.94. The molecule has 2 heterocycles. The van der Waals surface area contributed by atoms with Crippen molar-refractivity contribution >= 4 is 60.9 Å². The molecule has 3 heteroatoms. The number of hydrogen-bond acceptors (Lipinski definition) is 3. The summed E-state index contributed by atoms with van der Waals surface area (Å²) >= 11 is 0. The Labute approximate surface area is 403 Å². The van der Waals surface area contributed by atoms with Crippen LogP contribution in [-0.2, 0) is 16.2 Å². The van der Waals surface area contributed by atoms with Crippen LogP contribution in [0.25, 0.3) is 88.4 Å². The Morgan fingerprint density at radius 1 is 0.391 bits per heavy atom. The Hall–Kier alpha value is -7.62. The second-order valence-corrected chi connectivity index (χ2v) is 21.8. The minimum absolute atomic E-state index is 0.221. The van der Waals surface area contributed by atoms with Crippen LogP contribution in [0.4, 0.5) is 17.1 Å².